The lowest BCUT2D eigenvalue weighted by Gasteiger charge is -2.50. The second-order valence-corrected chi connectivity index (χ2v) is 14.9. The predicted octanol–water partition coefficient (Wildman–Crippen LogP) is 4.22. The molecule has 1 atom stereocenters. The van der Waals surface area contributed by atoms with Crippen LogP contribution in [0.4, 0.5) is 15.3 Å². The number of benzene rings is 2. The number of hydrogen-bond acceptors (Lipinski definition) is 7. The number of aromatic hydroxyl groups is 1. The van der Waals surface area contributed by atoms with Crippen LogP contribution in [0.25, 0.3) is 0 Å². The highest BCUT2D eigenvalue weighted by atomic mass is 16.6. The average Bonchev–Trinajstić information content (AvgIpc) is 3.25. The zero-order chi connectivity index (χ0) is 34.1. The molecule has 3 fully saturated rings. The first-order valence-corrected chi connectivity index (χ1v) is 17.8. The SMILES string of the molecule is Cc1cc(C[C@@H](OC(=O)N2CCC(N3CCc4ccccc4NC3=O)CC2)C(=O)[N+]2(C3CCNCC3)CCC(C)(N)CC2)cc(C)c1O. The number of carbonyl (C=O) groups excluding carboxylic acids is 3. The van der Waals surface area contributed by atoms with Crippen molar-refractivity contribution >= 4 is 23.7 Å². The molecule has 0 radical (unpaired) electrons. The van der Waals surface area contributed by atoms with Gasteiger partial charge in [0, 0.05) is 82.1 Å². The van der Waals surface area contributed by atoms with Crippen molar-refractivity contribution in [1.82, 2.24) is 15.1 Å². The van der Waals surface area contributed by atoms with Gasteiger partial charge in [-0.3, -0.25) is 4.48 Å². The summed E-state index contributed by atoms with van der Waals surface area (Å²) in [6.07, 6.45) is 4.03. The van der Waals surface area contributed by atoms with Crippen molar-refractivity contribution in [3.8, 4) is 5.75 Å². The molecule has 4 aliphatic rings. The van der Waals surface area contributed by atoms with Crippen molar-refractivity contribution in [2.75, 3.05) is 51.1 Å². The summed E-state index contributed by atoms with van der Waals surface area (Å²) in [6, 6.07) is 11.7. The maximum atomic E-state index is 14.9. The van der Waals surface area contributed by atoms with Crippen molar-refractivity contribution < 1.29 is 28.7 Å². The number of rotatable bonds is 6. The normalized spacial score (nSPS) is 26.3. The first kappa shape index (κ1) is 34.2. The molecule has 2 aromatic carbocycles. The quantitative estimate of drug-likeness (QED) is 0.341. The molecule has 0 aromatic heterocycles. The fourth-order valence-corrected chi connectivity index (χ4v) is 8.35. The van der Waals surface area contributed by atoms with Crippen molar-refractivity contribution in [3.05, 3.63) is 58.7 Å². The zero-order valence-corrected chi connectivity index (χ0v) is 28.8. The van der Waals surface area contributed by atoms with Crippen molar-refractivity contribution in [3.63, 3.8) is 0 Å². The second-order valence-electron chi connectivity index (χ2n) is 14.9. The van der Waals surface area contributed by atoms with Crippen LogP contribution >= 0.6 is 0 Å². The number of amides is 4. The molecule has 0 bridgehead atoms. The standard InChI is InChI=1S/C37H52N6O5/c1-25-22-27(23-26(2)33(25)44)24-32(34(45)43(30-8-15-39-16-9-30)20-13-37(3,38)14-21-43)48-36(47)41-17-11-29(12-18-41)42-19-10-28-6-4-5-7-31(28)40-35(42)46/h4-7,22-23,29-30,32,39H,8-21,24,38H2,1-3H3,(H-,40,44,46)/p+1/t32-,37?,43?/m1/s1. The number of quaternary nitrogens is 1. The molecule has 0 unspecified atom stereocenters. The van der Waals surface area contributed by atoms with E-state index < -0.39 is 12.2 Å². The van der Waals surface area contributed by atoms with Gasteiger partial charge in [0.2, 0.25) is 6.10 Å². The third-order valence-corrected chi connectivity index (χ3v) is 11.4. The van der Waals surface area contributed by atoms with E-state index in [0.717, 1.165) is 73.1 Å². The molecule has 260 valence electrons. The fraction of sp³-hybridized carbons (Fsp3) is 0.595. The molecule has 11 nitrogen and oxygen atoms in total. The molecule has 4 amide bonds. The van der Waals surface area contributed by atoms with Gasteiger partial charge in [0.05, 0.1) is 19.1 Å². The Balaban J connectivity index is 1.19. The van der Waals surface area contributed by atoms with Crippen LogP contribution in [-0.4, -0.2) is 107 Å². The average molecular weight is 662 g/mol. The smallest absolute Gasteiger partial charge is 0.410 e. The molecule has 48 heavy (non-hydrogen) atoms. The maximum absolute atomic E-state index is 14.9. The third kappa shape index (κ3) is 7.18. The summed E-state index contributed by atoms with van der Waals surface area (Å²) in [5, 5.41) is 16.9. The number of phenolic OH excluding ortho intramolecular Hbond substituents is 1. The summed E-state index contributed by atoms with van der Waals surface area (Å²) < 4.78 is 6.56. The number of piperidine rings is 3. The van der Waals surface area contributed by atoms with Crippen LogP contribution in [0.5, 0.6) is 5.75 Å². The summed E-state index contributed by atoms with van der Waals surface area (Å²) in [6.45, 7) is 10.2. The first-order chi connectivity index (χ1) is 23.0. The monoisotopic (exact) mass is 661 g/mol. The van der Waals surface area contributed by atoms with Crippen LogP contribution < -0.4 is 16.4 Å². The summed E-state index contributed by atoms with van der Waals surface area (Å²) in [5.41, 5.74) is 10.5. The number of nitrogens with one attached hydrogen (secondary N) is 2. The predicted molar refractivity (Wildman–Crippen MR) is 185 cm³/mol. The van der Waals surface area contributed by atoms with Crippen LogP contribution in [0.3, 0.4) is 0 Å². The largest absolute Gasteiger partial charge is 0.507 e. The van der Waals surface area contributed by atoms with E-state index in [9.17, 15) is 19.5 Å². The number of nitrogens with two attached hydrogens (primary N) is 1. The third-order valence-electron chi connectivity index (χ3n) is 11.4. The van der Waals surface area contributed by atoms with Gasteiger partial charge in [0.25, 0.3) is 0 Å². The molecule has 11 heteroatoms. The van der Waals surface area contributed by atoms with E-state index in [1.807, 2.05) is 55.1 Å². The number of ether oxygens (including phenoxy) is 1. The van der Waals surface area contributed by atoms with Crippen molar-refractivity contribution in [1.29, 1.82) is 0 Å². The van der Waals surface area contributed by atoms with E-state index in [0.29, 0.717) is 45.6 Å². The Hall–Kier alpha value is -3.67. The minimum absolute atomic E-state index is 0.0106. The van der Waals surface area contributed by atoms with E-state index in [2.05, 4.69) is 17.6 Å². The van der Waals surface area contributed by atoms with Crippen molar-refractivity contribution in [2.45, 2.75) is 95.9 Å². The molecule has 2 aromatic rings. The zero-order valence-electron chi connectivity index (χ0n) is 28.8. The highest BCUT2D eigenvalue weighted by Gasteiger charge is 2.52. The fourth-order valence-electron chi connectivity index (χ4n) is 8.35. The Labute approximate surface area is 284 Å². The second kappa shape index (κ2) is 14.1. The van der Waals surface area contributed by atoms with Crippen molar-refractivity contribution in [2.24, 2.45) is 5.73 Å². The molecular formula is C37H53N6O5+. The highest BCUT2D eigenvalue weighted by molar-refractivity contribution is 5.91. The summed E-state index contributed by atoms with van der Waals surface area (Å²) in [5.74, 6) is 0.185. The lowest BCUT2D eigenvalue weighted by Crippen LogP contribution is -2.70. The molecule has 0 saturated carbocycles. The van der Waals surface area contributed by atoms with Crippen LogP contribution in [0.2, 0.25) is 0 Å². The Kier molecular flexibility index (Phi) is 10.0. The van der Waals surface area contributed by atoms with Crippen LogP contribution in [0.15, 0.2) is 36.4 Å². The molecule has 3 saturated heterocycles. The van der Waals surface area contributed by atoms with Crippen LogP contribution in [0.1, 0.15) is 67.7 Å². The number of nitrogens with zero attached hydrogens (tertiary/aromatic N) is 3. The Morgan fingerprint density at radius 1 is 1.04 bits per heavy atom. The number of hydrogen-bond donors (Lipinski definition) is 4. The van der Waals surface area contributed by atoms with Gasteiger partial charge in [-0.1, -0.05) is 30.3 Å². The number of urea groups is 1. The molecule has 0 spiro atoms. The summed E-state index contributed by atoms with van der Waals surface area (Å²) in [7, 11) is 0. The molecule has 0 aliphatic carbocycles. The minimum atomic E-state index is -0.981. The van der Waals surface area contributed by atoms with Gasteiger partial charge in [-0.2, -0.15) is 0 Å². The Morgan fingerprint density at radius 2 is 1.69 bits per heavy atom. The summed E-state index contributed by atoms with van der Waals surface area (Å²) >= 11 is 0. The molecule has 5 N–H and O–H groups in total. The van der Waals surface area contributed by atoms with E-state index in [1.54, 1.807) is 4.90 Å². The van der Waals surface area contributed by atoms with Gasteiger partial charge in [0.1, 0.15) is 5.75 Å². The first-order valence-electron chi connectivity index (χ1n) is 17.8. The summed E-state index contributed by atoms with van der Waals surface area (Å²) in [4.78, 5) is 45.6. The molecule has 4 aliphatic heterocycles. The topological polar surface area (TPSA) is 137 Å². The Morgan fingerprint density at radius 3 is 2.35 bits per heavy atom. The molecule has 4 heterocycles. The number of anilines is 1. The number of likely N-dealkylation sites (tertiary alicyclic amines) is 2. The van der Waals surface area contributed by atoms with Gasteiger partial charge in [0.15, 0.2) is 0 Å². The van der Waals surface area contributed by atoms with Gasteiger partial charge >= 0.3 is 18.0 Å². The van der Waals surface area contributed by atoms with Crippen LogP contribution in [-0.2, 0) is 22.4 Å². The number of phenols is 1. The van der Waals surface area contributed by atoms with Gasteiger partial charge in [-0.15, -0.1) is 0 Å². The number of para-hydroxylation sites is 1. The Bertz CT molecular complexity index is 1480. The minimum Gasteiger partial charge on any atom is -0.507 e. The van der Waals surface area contributed by atoms with Crippen LogP contribution in [0, 0.1) is 13.8 Å². The van der Waals surface area contributed by atoms with E-state index in [1.165, 1.54) is 0 Å². The maximum Gasteiger partial charge on any atom is 0.410 e. The van der Waals surface area contributed by atoms with Gasteiger partial charge in [-0.05, 0) is 68.4 Å². The highest BCUT2D eigenvalue weighted by Crippen LogP contribution is 2.34. The molecule has 6 rings (SSSR count). The number of aryl methyl sites for hydroxylation is 2. The molecular weight excluding hydrogens is 608 g/mol. The lowest BCUT2D eigenvalue weighted by atomic mass is 9.85. The number of carbonyl (C=O) groups is 3. The van der Waals surface area contributed by atoms with Gasteiger partial charge < -0.3 is 36.0 Å². The van der Waals surface area contributed by atoms with Gasteiger partial charge in [-0.25, -0.2) is 14.4 Å². The lowest BCUT2D eigenvalue weighted by molar-refractivity contribution is -0.888. The number of fused-ring (bicyclic) bond motifs is 1. The van der Waals surface area contributed by atoms with E-state index >= 15 is 0 Å². The van der Waals surface area contributed by atoms with E-state index in [4.69, 9.17) is 10.5 Å². The van der Waals surface area contributed by atoms with E-state index in [-0.39, 0.29) is 46.2 Å².